The molecule has 0 radical (unpaired) electrons. The second kappa shape index (κ2) is 19.5. The van der Waals surface area contributed by atoms with E-state index in [0.717, 1.165) is 32.7 Å². The minimum Gasteiger partial charge on any atom is -0.457 e. The van der Waals surface area contributed by atoms with Gasteiger partial charge in [-0.2, -0.15) is 0 Å². The molecule has 61 heavy (non-hydrogen) atoms. The number of hydrogen-bond donors (Lipinski definition) is 2. The summed E-state index contributed by atoms with van der Waals surface area (Å²) in [6, 6.07) is 39.1. The molecule has 1 aliphatic carbocycles. The molecule has 2 N–H and O–H groups in total. The quantitative estimate of drug-likeness (QED) is 0.0877. The van der Waals surface area contributed by atoms with Crippen molar-refractivity contribution in [1.29, 1.82) is 0 Å². The molecule has 0 saturated carbocycles. The number of esters is 1. The van der Waals surface area contributed by atoms with Crippen molar-refractivity contribution in [3.8, 4) is 0 Å². The summed E-state index contributed by atoms with van der Waals surface area (Å²) in [7, 11) is 0. The third kappa shape index (κ3) is 9.94. The molecule has 6 aromatic carbocycles. The maximum absolute atomic E-state index is 15.4. The molecular formula is C53H50N2O4S2. The van der Waals surface area contributed by atoms with E-state index in [4.69, 9.17) is 4.74 Å². The summed E-state index contributed by atoms with van der Waals surface area (Å²) in [5.74, 6) is -0.371. The average Bonchev–Trinajstić information content (AvgIpc) is 3.27. The van der Waals surface area contributed by atoms with Crippen molar-refractivity contribution >= 4 is 64.6 Å². The van der Waals surface area contributed by atoms with Crippen LogP contribution in [0.3, 0.4) is 0 Å². The Labute approximate surface area is 367 Å². The number of anilines is 2. The second-order valence-corrected chi connectivity index (χ2v) is 18.1. The highest BCUT2D eigenvalue weighted by atomic mass is 32.2. The van der Waals surface area contributed by atoms with Crippen molar-refractivity contribution < 1.29 is 19.1 Å². The van der Waals surface area contributed by atoms with Gasteiger partial charge in [-0.3, -0.25) is 9.59 Å². The van der Waals surface area contributed by atoms with Crippen LogP contribution in [0.25, 0.3) is 12.2 Å². The number of benzene rings is 6. The number of nitrogens with one attached hydrogen (secondary N) is 2. The molecule has 8 heteroatoms. The predicted octanol–water partition coefficient (Wildman–Crippen LogP) is 13.1. The van der Waals surface area contributed by atoms with E-state index in [1.807, 2.05) is 78.9 Å². The van der Waals surface area contributed by atoms with Gasteiger partial charge in [0.15, 0.2) is 11.6 Å². The van der Waals surface area contributed by atoms with Crippen molar-refractivity contribution in [1.82, 2.24) is 0 Å². The Bertz CT molecular complexity index is 2610. The summed E-state index contributed by atoms with van der Waals surface area (Å²) in [5, 5.41) is 6.99. The summed E-state index contributed by atoms with van der Waals surface area (Å²) in [5.41, 5.74) is 8.17. The normalized spacial score (nSPS) is 11.9. The van der Waals surface area contributed by atoms with Gasteiger partial charge in [0.1, 0.15) is 6.61 Å². The van der Waals surface area contributed by atoms with E-state index >= 15 is 9.59 Å². The highest BCUT2D eigenvalue weighted by Gasteiger charge is 2.38. The Hall–Kier alpha value is -6.09. The fourth-order valence-electron chi connectivity index (χ4n) is 7.11. The first kappa shape index (κ1) is 43.0. The number of ether oxygens (including phenoxy) is 1. The highest BCUT2D eigenvalue weighted by molar-refractivity contribution is 7.99. The fourth-order valence-corrected chi connectivity index (χ4v) is 9.28. The maximum Gasteiger partial charge on any atom is 0.339 e. The lowest BCUT2D eigenvalue weighted by molar-refractivity contribution is 0.0468. The zero-order valence-corrected chi connectivity index (χ0v) is 36.7. The minimum atomic E-state index is -0.483. The molecule has 1 aliphatic rings. The van der Waals surface area contributed by atoms with Crippen LogP contribution in [0, 0.1) is 11.8 Å². The molecule has 7 rings (SSSR count). The van der Waals surface area contributed by atoms with Crippen molar-refractivity contribution in [3.63, 3.8) is 0 Å². The monoisotopic (exact) mass is 842 g/mol. The van der Waals surface area contributed by atoms with Crippen molar-refractivity contribution in [2.45, 2.75) is 60.3 Å². The fraction of sp³-hybridized carbons (Fsp3) is 0.189. The molecule has 0 bridgehead atoms. The van der Waals surface area contributed by atoms with Crippen LogP contribution in [0.15, 0.2) is 154 Å². The SMILES string of the molecule is C=Cc1ccc(COC(=O)c2ccccc2Sc2ccc(NCC(C)C)c3c2C(=O)c2c(NCC(C)C)ccc(Sc4ccccc4Cc4ccc(C=C)cc4)c2C3=O)cc1. The van der Waals surface area contributed by atoms with Gasteiger partial charge in [0.2, 0.25) is 0 Å². The van der Waals surface area contributed by atoms with Gasteiger partial charge in [-0.05, 0) is 88.5 Å². The first-order chi connectivity index (χ1) is 29.5. The van der Waals surface area contributed by atoms with Gasteiger partial charge < -0.3 is 15.4 Å². The average molecular weight is 843 g/mol. The van der Waals surface area contributed by atoms with E-state index in [9.17, 15) is 4.79 Å². The highest BCUT2D eigenvalue weighted by Crippen LogP contribution is 2.46. The van der Waals surface area contributed by atoms with Gasteiger partial charge in [-0.1, -0.05) is 155 Å². The van der Waals surface area contributed by atoms with E-state index < -0.39 is 5.97 Å². The second-order valence-electron chi connectivity index (χ2n) is 15.9. The van der Waals surface area contributed by atoms with E-state index in [1.54, 1.807) is 18.2 Å². The molecule has 6 aromatic rings. The van der Waals surface area contributed by atoms with Crippen LogP contribution in [-0.2, 0) is 17.8 Å². The molecule has 0 unspecified atom stereocenters. The van der Waals surface area contributed by atoms with Gasteiger partial charge >= 0.3 is 5.97 Å². The van der Waals surface area contributed by atoms with Crippen LogP contribution in [0.4, 0.5) is 11.4 Å². The molecular weight excluding hydrogens is 793 g/mol. The van der Waals surface area contributed by atoms with E-state index in [2.05, 4.69) is 87.9 Å². The third-order valence-electron chi connectivity index (χ3n) is 10.4. The lowest BCUT2D eigenvalue weighted by Crippen LogP contribution is -2.26. The lowest BCUT2D eigenvalue weighted by atomic mass is 9.82. The largest absolute Gasteiger partial charge is 0.457 e. The summed E-state index contributed by atoms with van der Waals surface area (Å²) in [6.45, 7) is 17.4. The van der Waals surface area contributed by atoms with E-state index in [1.165, 1.54) is 23.5 Å². The number of carbonyl (C=O) groups excluding carboxylic acids is 3. The zero-order valence-electron chi connectivity index (χ0n) is 35.0. The van der Waals surface area contributed by atoms with Gasteiger partial charge in [0.25, 0.3) is 0 Å². The summed E-state index contributed by atoms with van der Waals surface area (Å²) >= 11 is 2.80. The smallest absolute Gasteiger partial charge is 0.339 e. The van der Waals surface area contributed by atoms with Crippen molar-refractivity contribution in [2.24, 2.45) is 11.8 Å². The molecule has 308 valence electrons. The Morgan fingerprint density at radius 3 is 1.57 bits per heavy atom. The summed E-state index contributed by atoms with van der Waals surface area (Å²) < 4.78 is 5.79. The van der Waals surface area contributed by atoms with E-state index in [0.29, 0.717) is 79.3 Å². The van der Waals surface area contributed by atoms with Gasteiger partial charge in [-0.25, -0.2) is 4.79 Å². The van der Waals surface area contributed by atoms with Crippen LogP contribution in [-0.4, -0.2) is 30.6 Å². The minimum absolute atomic E-state index is 0.102. The Morgan fingerprint density at radius 1 is 0.574 bits per heavy atom. The van der Waals surface area contributed by atoms with Crippen LogP contribution in [0.2, 0.25) is 0 Å². The predicted molar refractivity (Wildman–Crippen MR) is 253 cm³/mol. The number of carbonyl (C=O) groups is 3. The molecule has 0 heterocycles. The van der Waals surface area contributed by atoms with Crippen LogP contribution in [0.5, 0.6) is 0 Å². The van der Waals surface area contributed by atoms with Gasteiger partial charge in [0.05, 0.1) is 16.7 Å². The standard InChI is InChI=1S/C53H50N2O4S2/c1-7-35-17-21-37(22-18-35)29-39-13-9-11-15-43(39)60-45-27-25-41(54-30-33(3)4)47-49(45)51(56)48-42(55-31-34(5)6)26-28-46(50(48)52(47)57)61-44-16-12-10-14-40(44)53(58)59-32-38-23-19-36(8-2)20-24-38/h7-28,33-34,54-55H,1-2,29-32H2,3-6H3. The van der Waals surface area contributed by atoms with E-state index in [-0.39, 0.29) is 24.1 Å². The molecule has 0 aliphatic heterocycles. The molecule has 0 spiro atoms. The molecule has 0 saturated heterocycles. The molecule has 6 nitrogen and oxygen atoms in total. The topological polar surface area (TPSA) is 84.5 Å². The van der Waals surface area contributed by atoms with Crippen molar-refractivity contribution in [2.75, 3.05) is 23.7 Å². The van der Waals surface area contributed by atoms with Gasteiger partial charge in [-0.15, -0.1) is 0 Å². The molecule has 0 fully saturated rings. The molecule has 0 atom stereocenters. The Morgan fingerprint density at radius 2 is 1.05 bits per heavy atom. The number of hydrogen-bond acceptors (Lipinski definition) is 8. The zero-order chi connectivity index (χ0) is 43.0. The number of ketones is 2. The van der Waals surface area contributed by atoms with Crippen molar-refractivity contribution in [3.05, 3.63) is 190 Å². The Balaban J connectivity index is 1.29. The maximum atomic E-state index is 15.4. The summed E-state index contributed by atoms with van der Waals surface area (Å²) in [6.07, 6.45) is 4.30. The number of rotatable bonds is 17. The van der Waals surface area contributed by atoms with Gasteiger partial charge in [0, 0.05) is 55.2 Å². The van der Waals surface area contributed by atoms with Crippen LogP contribution in [0.1, 0.15) is 97.7 Å². The first-order valence-electron chi connectivity index (χ1n) is 20.6. The molecule has 0 amide bonds. The first-order valence-corrected chi connectivity index (χ1v) is 22.2. The number of fused-ring (bicyclic) bond motifs is 2. The molecule has 0 aromatic heterocycles. The van der Waals surface area contributed by atoms with Crippen LogP contribution < -0.4 is 10.6 Å². The third-order valence-corrected chi connectivity index (χ3v) is 12.7. The Kier molecular flexibility index (Phi) is 13.8. The lowest BCUT2D eigenvalue weighted by Gasteiger charge is -2.27. The summed E-state index contributed by atoms with van der Waals surface area (Å²) in [4.78, 5) is 47.3. The van der Waals surface area contributed by atoms with Crippen LogP contribution >= 0.6 is 23.5 Å².